The molecule has 0 aromatic heterocycles. The standard InChI is InChI=1S/C17H14O5/c18-11-5-1-9(2-6-11)13-15(20)14(17(22)16(13)21)10-3-7-12(19)8-4-10/h1-8,13,16,18-19,21-22H. The minimum Gasteiger partial charge on any atom is -0.509 e. The Hall–Kier alpha value is -2.79. The number of allylic oxidation sites excluding steroid dienone is 1. The number of ketones is 1. The van der Waals surface area contributed by atoms with E-state index >= 15 is 0 Å². The van der Waals surface area contributed by atoms with E-state index in [9.17, 15) is 25.2 Å². The largest absolute Gasteiger partial charge is 0.509 e. The minimum atomic E-state index is -1.33. The fourth-order valence-corrected chi connectivity index (χ4v) is 2.66. The molecule has 3 rings (SSSR count). The Morgan fingerprint density at radius 1 is 0.773 bits per heavy atom. The highest BCUT2D eigenvalue weighted by Gasteiger charge is 2.42. The summed E-state index contributed by atoms with van der Waals surface area (Å²) in [6, 6.07) is 11.7. The van der Waals surface area contributed by atoms with E-state index in [4.69, 9.17) is 0 Å². The number of phenolic OH excluding ortho intramolecular Hbond substituents is 2. The molecule has 0 saturated carbocycles. The fraction of sp³-hybridized carbons (Fsp3) is 0.118. The number of aliphatic hydroxyl groups excluding tert-OH is 2. The number of rotatable bonds is 2. The summed E-state index contributed by atoms with van der Waals surface area (Å²) in [7, 11) is 0. The van der Waals surface area contributed by atoms with Crippen molar-refractivity contribution in [3.8, 4) is 11.5 Å². The maximum absolute atomic E-state index is 12.6. The quantitative estimate of drug-likeness (QED) is 0.680. The zero-order chi connectivity index (χ0) is 15.9. The van der Waals surface area contributed by atoms with Gasteiger partial charge in [-0.25, -0.2) is 0 Å². The third-order valence-electron chi connectivity index (χ3n) is 3.79. The zero-order valence-corrected chi connectivity index (χ0v) is 11.5. The molecule has 0 amide bonds. The number of carbonyl (C=O) groups excluding carboxylic acids is 1. The van der Waals surface area contributed by atoms with Crippen LogP contribution < -0.4 is 0 Å². The maximum atomic E-state index is 12.6. The van der Waals surface area contributed by atoms with Gasteiger partial charge in [0.2, 0.25) is 0 Å². The van der Waals surface area contributed by atoms with Crippen LogP contribution in [0.4, 0.5) is 0 Å². The second-order valence-electron chi connectivity index (χ2n) is 5.19. The van der Waals surface area contributed by atoms with Gasteiger partial charge < -0.3 is 20.4 Å². The van der Waals surface area contributed by atoms with Crippen LogP contribution in [-0.2, 0) is 4.79 Å². The van der Waals surface area contributed by atoms with Crippen LogP contribution in [0.1, 0.15) is 17.0 Å². The molecule has 0 saturated heterocycles. The Bertz CT molecular complexity index is 744. The smallest absolute Gasteiger partial charge is 0.177 e. The number of carbonyl (C=O) groups is 1. The fourth-order valence-electron chi connectivity index (χ4n) is 2.66. The lowest BCUT2D eigenvalue weighted by molar-refractivity contribution is -0.115. The van der Waals surface area contributed by atoms with Crippen molar-refractivity contribution in [2.45, 2.75) is 12.0 Å². The number of hydrogen-bond acceptors (Lipinski definition) is 5. The summed E-state index contributed by atoms with van der Waals surface area (Å²) in [5, 5.41) is 38.9. The van der Waals surface area contributed by atoms with Crippen molar-refractivity contribution in [2.24, 2.45) is 0 Å². The van der Waals surface area contributed by atoms with E-state index in [0.29, 0.717) is 11.1 Å². The normalized spacial score (nSPS) is 21.4. The van der Waals surface area contributed by atoms with Gasteiger partial charge in [-0.1, -0.05) is 24.3 Å². The summed E-state index contributed by atoms with van der Waals surface area (Å²) in [4.78, 5) is 12.6. The molecular weight excluding hydrogens is 284 g/mol. The van der Waals surface area contributed by atoms with Crippen LogP contribution in [0.5, 0.6) is 11.5 Å². The molecule has 0 fully saturated rings. The molecule has 0 heterocycles. The first-order chi connectivity index (χ1) is 10.5. The summed E-state index contributed by atoms with van der Waals surface area (Å²) >= 11 is 0. The van der Waals surface area contributed by atoms with E-state index in [1.165, 1.54) is 48.5 Å². The highest BCUT2D eigenvalue weighted by molar-refractivity contribution is 6.26. The van der Waals surface area contributed by atoms with Crippen molar-refractivity contribution in [3.63, 3.8) is 0 Å². The number of aliphatic hydroxyl groups is 2. The first-order valence-electron chi connectivity index (χ1n) is 6.73. The van der Waals surface area contributed by atoms with Crippen molar-refractivity contribution in [3.05, 3.63) is 65.4 Å². The van der Waals surface area contributed by atoms with E-state index in [2.05, 4.69) is 0 Å². The van der Waals surface area contributed by atoms with Gasteiger partial charge in [0.1, 0.15) is 23.4 Å². The van der Waals surface area contributed by atoms with E-state index in [1.807, 2.05) is 0 Å². The average Bonchev–Trinajstić information content (AvgIpc) is 2.72. The molecule has 5 heteroatoms. The zero-order valence-electron chi connectivity index (χ0n) is 11.5. The van der Waals surface area contributed by atoms with Gasteiger partial charge in [-0.2, -0.15) is 0 Å². The van der Waals surface area contributed by atoms with Crippen LogP contribution >= 0.6 is 0 Å². The van der Waals surface area contributed by atoms with Crippen molar-refractivity contribution in [1.29, 1.82) is 0 Å². The van der Waals surface area contributed by atoms with Gasteiger partial charge in [-0.3, -0.25) is 4.79 Å². The number of benzene rings is 2. The Morgan fingerprint density at radius 3 is 1.82 bits per heavy atom. The molecule has 22 heavy (non-hydrogen) atoms. The molecule has 0 radical (unpaired) electrons. The lowest BCUT2D eigenvalue weighted by Crippen LogP contribution is -2.20. The van der Waals surface area contributed by atoms with Crippen LogP contribution in [0.15, 0.2) is 54.3 Å². The number of aromatic hydroxyl groups is 2. The third kappa shape index (κ3) is 2.21. The van der Waals surface area contributed by atoms with Crippen LogP contribution in [0.25, 0.3) is 5.57 Å². The summed E-state index contributed by atoms with van der Waals surface area (Å²) in [6.07, 6.45) is -1.33. The molecule has 0 aliphatic heterocycles. The van der Waals surface area contributed by atoms with Crippen LogP contribution in [0.2, 0.25) is 0 Å². The van der Waals surface area contributed by atoms with Crippen molar-refractivity contribution in [2.75, 3.05) is 0 Å². The maximum Gasteiger partial charge on any atom is 0.177 e. The van der Waals surface area contributed by atoms with Crippen molar-refractivity contribution >= 4 is 11.4 Å². The Balaban J connectivity index is 2.01. The SMILES string of the molecule is O=C1C(c2ccc(O)cc2)=C(O)C(O)C1c1ccc(O)cc1. The Kier molecular flexibility index (Phi) is 3.35. The molecule has 5 nitrogen and oxygen atoms in total. The molecule has 0 spiro atoms. The summed E-state index contributed by atoms with van der Waals surface area (Å²) in [6.45, 7) is 0. The summed E-state index contributed by atoms with van der Waals surface area (Å²) in [5.74, 6) is -1.59. The molecule has 2 atom stereocenters. The number of Topliss-reactive ketones (excluding diaryl/α,β-unsaturated/α-hetero) is 1. The van der Waals surface area contributed by atoms with Gasteiger partial charge in [-0.05, 0) is 35.4 Å². The van der Waals surface area contributed by atoms with E-state index in [0.717, 1.165) is 0 Å². The first-order valence-corrected chi connectivity index (χ1v) is 6.73. The second-order valence-corrected chi connectivity index (χ2v) is 5.19. The summed E-state index contributed by atoms with van der Waals surface area (Å²) < 4.78 is 0. The predicted molar refractivity (Wildman–Crippen MR) is 79.5 cm³/mol. The predicted octanol–water partition coefficient (Wildman–Crippen LogP) is 2.09. The van der Waals surface area contributed by atoms with E-state index < -0.39 is 17.8 Å². The van der Waals surface area contributed by atoms with Crippen molar-refractivity contribution in [1.82, 2.24) is 0 Å². The molecule has 2 aromatic carbocycles. The molecule has 0 bridgehead atoms. The van der Waals surface area contributed by atoms with Gasteiger partial charge >= 0.3 is 0 Å². The third-order valence-corrected chi connectivity index (χ3v) is 3.79. The molecule has 1 aliphatic carbocycles. The molecule has 2 aromatic rings. The van der Waals surface area contributed by atoms with Gasteiger partial charge in [0, 0.05) is 0 Å². The molecule has 112 valence electrons. The number of hydrogen-bond donors (Lipinski definition) is 4. The Morgan fingerprint density at radius 2 is 1.27 bits per heavy atom. The average molecular weight is 298 g/mol. The van der Waals surface area contributed by atoms with E-state index in [-0.39, 0.29) is 22.8 Å². The van der Waals surface area contributed by atoms with Gasteiger partial charge in [0.15, 0.2) is 5.78 Å². The van der Waals surface area contributed by atoms with Gasteiger partial charge in [-0.15, -0.1) is 0 Å². The van der Waals surface area contributed by atoms with Crippen molar-refractivity contribution < 1.29 is 25.2 Å². The van der Waals surface area contributed by atoms with Gasteiger partial charge in [0.25, 0.3) is 0 Å². The van der Waals surface area contributed by atoms with E-state index in [1.54, 1.807) is 0 Å². The monoisotopic (exact) mass is 298 g/mol. The summed E-state index contributed by atoms with van der Waals surface area (Å²) in [5.41, 5.74) is 0.988. The van der Waals surface area contributed by atoms with Crippen LogP contribution in [-0.4, -0.2) is 32.3 Å². The highest BCUT2D eigenvalue weighted by atomic mass is 16.3. The minimum absolute atomic E-state index is 0.0462. The highest BCUT2D eigenvalue weighted by Crippen LogP contribution is 2.40. The van der Waals surface area contributed by atoms with Gasteiger partial charge in [0.05, 0.1) is 11.5 Å². The molecule has 4 N–H and O–H groups in total. The lowest BCUT2D eigenvalue weighted by Gasteiger charge is -2.14. The topological polar surface area (TPSA) is 98.0 Å². The van der Waals surface area contributed by atoms with Crippen LogP contribution in [0, 0.1) is 0 Å². The first kappa shape index (κ1) is 14.2. The second kappa shape index (κ2) is 5.20. The number of phenols is 2. The molecule has 2 unspecified atom stereocenters. The molecule has 1 aliphatic rings. The lowest BCUT2D eigenvalue weighted by atomic mass is 9.91. The molecular formula is C17H14O5. The Labute approximate surface area is 126 Å². The van der Waals surface area contributed by atoms with Crippen LogP contribution in [0.3, 0.4) is 0 Å².